The topological polar surface area (TPSA) is 21.7 Å². The van der Waals surface area contributed by atoms with Gasteiger partial charge in [-0.2, -0.15) is 26.3 Å². The molecule has 0 saturated carbocycles. The molecular weight excluding hydrogens is 491 g/mol. The van der Waals surface area contributed by atoms with Crippen LogP contribution in [0.2, 0.25) is 0 Å². The Morgan fingerprint density at radius 1 is 0.806 bits per heavy atom. The van der Waals surface area contributed by atoms with Crippen LogP contribution in [0.25, 0.3) is 0 Å². The Bertz CT molecular complexity index is 1120. The maximum atomic E-state index is 15.2. The average Bonchev–Trinajstić information content (AvgIpc) is 2.83. The third-order valence-corrected chi connectivity index (χ3v) is 6.11. The van der Waals surface area contributed by atoms with Crippen molar-refractivity contribution in [2.45, 2.75) is 43.4 Å². The predicted molar refractivity (Wildman–Crippen MR) is 117 cm³/mol. The van der Waals surface area contributed by atoms with Crippen molar-refractivity contribution in [3.05, 3.63) is 107 Å². The molecule has 1 aliphatic rings. The molecule has 10 heteroatoms. The van der Waals surface area contributed by atoms with Gasteiger partial charge in [-0.15, -0.1) is 0 Å². The van der Waals surface area contributed by atoms with Gasteiger partial charge in [-0.1, -0.05) is 72.8 Å². The van der Waals surface area contributed by atoms with E-state index in [9.17, 15) is 17.6 Å². The van der Waals surface area contributed by atoms with Crippen LogP contribution in [0.4, 0.5) is 30.7 Å². The average molecular weight is 513 g/mol. The zero-order chi connectivity index (χ0) is 26.0. The summed E-state index contributed by atoms with van der Waals surface area (Å²) in [7, 11) is 0. The Morgan fingerprint density at radius 3 is 1.89 bits per heavy atom. The molecule has 3 atom stereocenters. The highest BCUT2D eigenvalue weighted by molar-refractivity contribution is 5.31. The van der Waals surface area contributed by atoms with Gasteiger partial charge in [0.05, 0.1) is 13.2 Å². The third-order valence-electron chi connectivity index (χ3n) is 6.11. The predicted octanol–water partition coefficient (Wildman–Crippen LogP) is 6.59. The van der Waals surface area contributed by atoms with Gasteiger partial charge in [0.1, 0.15) is 11.9 Å². The fraction of sp³-hybridized carbons (Fsp3) is 0.308. The molecule has 0 aromatic heterocycles. The zero-order valence-corrected chi connectivity index (χ0v) is 18.8. The minimum absolute atomic E-state index is 0.228. The van der Waals surface area contributed by atoms with Crippen molar-refractivity contribution in [1.29, 1.82) is 0 Å². The van der Waals surface area contributed by atoms with E-state index in [2.05, 4.69) is 0 Å². The molecular formula is C26H22F7NO2. The van der Waals surface area contributed by atoms with Gasteiger partial charge in [-0.25, -0.2) is 4.39 Å². The van der Waals surface area contributed by atoms with Crippen LogP contribution in [0.3, 0.4) is 0 Å². The molecule has 4 rings (SSSR count). The molecule has 0 aliphatic carbocycles. The number of halogens is 7. The highest BCUT2D eigenvalue weighted by Gasteiger charge is 2.71. The number of hydrogen-bond donors (Lipinski definition) is 0. The minimum atomic E-state index is -5.31. The monoisotopic (exact) mass is 513 g/mol. The number of rotatable bonds is 6. The van der Waals surface area contributed by atoms with E-state index in [0.29, 0.717) is 10.5 Å². The van der Waals surface area contributed by atoms with Gasteiger partial charge in [-0.3, -0.25) is 4.90 Å². The highest BCUT2D eigenvalue weighted by Crippen LogP contribution is 2.53. The van der Waals surface area contributed by atoms with Crippen molar-refractivity contribution >= 4 is 0 Å². The highest BCUT2D eigenvalue weighted by atomic mass is 19.4. The van der Waals surface area contributed by atoms with Crippen LogP contribution in [0.1, 0.15) is 16.7 Å². The number of hydrogen-bond acceptors (Lipinski definition) is 3. The Labute approximate surface area is 203 Å². The Morgan fingerprint density at radius 2 is 1.36 bits per heavy atom. The van der Waals surface area contributed by atoms with Crippen LogP contribution in [-0.2, 0) is 28.2 Å². The molecule has 192 valence electrons. The van der Waals surface area contributed by atoms with Gasteiger partial charge >= 0.3 is 12.4 Å². The molecule has 0 radical (unpaired) electrons. The molecule has 0 spiro atoms. The summed E-state index contributed by atoms with van der Waals surface area (Å²) in [5, 5.41) is 0. The number of alkyl halides is 6. The second-order valence-electron chi connectivity index (χ2n) is 8.40. The normalized spacial score (nSPS) is 23.5. The first-order valence-electron chi connectivity index (χ1n) is 11.0. The van der Waals surface area contributed by atoms with Crippen LogP contribution in [0.15, 0.2) is 84.9 Å². The molecule has 36 heavy (non-hydrogen) atoms. The first-order chi connectivity index (χ1) is 17.0. The van der Waals surface area contributed by atoms with E-state index in [4.69, 9.17) is 9.47 Å². The van der Waals surface area contributed by atoms with E-state index in [1.54, 1.807) is 36.4 Å². The fourth-order valence-electron chi connectivity index (χ4n) is 4.44. The van der Waals surface area contributed by atoms with Gasteiger partial charge < -0.3 is 9.47 Å². The van der Waals surface area contributed by atoms with Crippen LogP contribution < -0.4 is 0 Å². The molecule has 1 fully saturated rings. The van der Waals surface area contributed by atoms with E-state index in [1.807, 2.05) is 0 Å². The lowest BCUT2D eigenvalue weighted by Gasteiger charge is -2.55. The smallest absolute Gasteiger partial charge is 0.348 e. The number of benzene rings is 3. The van der Waals surface area contributed by atoms with E-state index < -0.39 is 54.8 Å². The molecule has 3 aromatic carbocycles. The standard InChI is InChI=1S/C26H22F7NO2/c27-21-13-11-20(12-14-21)24(26(31,32)33)23(35-16-19-9-5-2-6-10-19)36-17-22(25(28,29)30)34(24)15-18-7-3-1-4-8-18/h1-14,22-23H,15-17H2/t22?,23?,24-/m0/s1. The summed E-state index contributed by atoms with van der Waals surface area (Å²) < 4.78 is 113. The fourth-order valence-corrected chi connectivity index (χ4v) is 4.44. The summed E-state index contributed by atoms with van der Waals surface area (Å²) in [5.41, 5.74) is -3.29. The number of nitrogens with zero attached hydrogens (tertiary/aromatic N) is 1. The lowest BCUT2D eigenvalue weighted by atomic mass is 9.82. The Kier molecular flexibility index (Phi) is 7.40. The molecule has 0 N–H and O–H groups in total. The lowest BCUT2D eigenvalue weighted by molar-refractivity contribution is -0.383. The van der Waals surface area contributed by atoms with Crippen molar-refractivity contribution in [3.63, 3.8) is 0 Å². The minimum Gasteiger partial charge on any atom is -0.348 e. The molecule has 0 amide bonds. The Hall–Kier alpha value is -2.95. The summed E-state index contributed by atoms with van der Waals surface area (Å²) in [5.74, 6) is -0.837. The van der Waals surface area contributed by atoms with Crippen molar-refractivity contribution in [3.8, 4) is 0 Å². The van der Waals surface area contributed by atoms with Crippen molar-refractivity contribution in [2.24, 2.45) is 0 Å². The molecule has 1 saturated heterocycles. The van der Waals surface area contributed by atoms with Crippen molar-refractivity contribution in [1.82, 2.24) is 4.90 Å². The van der Waals surface area contributed by atoms with Gasteiger partial charge in [0.2, 0.25) is 0 Å². The van der Waals surface area contributed by atoms with Crippen LogP contribution in [-0.4, -0.2) is 36.2 Å². The second kappa shape index (κ2) is 10.2. The largest absolute Gasteiger partial charge is 0.416 e. The number of morpholine rings is 1. The maximum absolute atomic E-state index is 15.2. The first-order valence-corrected chi connectivity index (χ1v) is 11.0. The van der Waals surface area contributed by atoms with Crippen LogP contribution in [0, 0.1) is 5.82 Å². The summed E-state index contributed by atoms with van der Waals surface area (Å²) in [6.45, 7) is -2.13. The van der Waals surface area contributed by atoms with Crippen molar-refractivity contribution in [2.75, 3.05) is 6.61 Å². The molecule has 3 aromatic rings. The van der Waals surface area contributed by atoms with E-state index in [0.717, 1.165) is 24.3 Å². The zero-order valence-electron chi connectivity index (χ0n) is 18.8. The van der Waals surface area contributed by atoms with E-state index in [1.165, 1.54) is 24.3 Å². The number of ether oxygens (including phenoxy) is 2. The third kappa shape index (κ3) is 5.11. The van der Waals surface area contributed by atoms with Gasteiger partial charge in [0.25, 0.3) is 0 Å². The van der Waals surface area contributed by atoms with Crippen LogP contribution >= 0.6 is 0 Å². The van der Waals surface area contributed by atoms with Gasteiger partial charge in [0, 0.05) is 6.54 Å². The van der Waals surface area contributed by atoms with Gasteiger partial charge in [-0.05, 0) is 28.8 Å². The lowest BCUT2D eigenvalue weighted by Crippen LogP contribution is -2.72. The maximum Gasteiger partial charge on any atom is 0.416 e. The van der Waals surface area contributed by atoms with E-state index >= 15 is 13.2 Å². The van der Waals surface area contributed by atoms with Crippen molar-refractivity contribution < 1.29 is 40.2 Å². The van der Waals surface area contributed by atoms with Crippen LogP contribution in [0.5, 0.6) is 0 Å². The van der Waals surface area contributed by atoms with E-state index in [-0.39, 0.29) is 12.2 Å². The molecule has 1 aliphatic heterocycles. The van der Waals surface area contributed by atoms with Gasteiger partial charge in [0.15, 0.2) is 11.8 Å². The molecule has 1 heterocycles. The summed E-state index contributed by atoms with van der Waals surface area (Å²) in [4.78, 5) is 0.328. The quantitative estimate of drug-likeness (QED) is 0.347. The summed E-state index contributed by atoms with van der Waals surface area (Å²) >= 11 is 0. The molecule has 3 nitrogen and oxygen atoms in total. The Balaban J connectivity index is 1.90. The summed E-state index contributed by atoms with van der Waals surface area (Å²) in [6.07, 6.45) is -12.5. The SMILES string of the molecule is Fc1ccc([C@@]2(C(F)(F)F)C(OCc3ccccc3)OCC(C(F)(F)F)N2Cc2ccccc2)cc1. The first kappa shape index (κ1) is 26.1. The summed E-state index contributed by atoms with van der Waals surface area (Å²) in [6, 6.07) is 16.3. The molecule has 0 bridgehead atoms. The molecule has 2 unspecified atom stereocenters. The second-order valence-corrected chi connectivity index (χ2v) is 8.40.